The second-order valence-electron chi connectivity index (χ2n) is 4.64. The van der Waals surface area contributed by atoms with E-state index >= 15 is 0 Å². The Hall–Kier alpha value is -1.26. The molecule has 0 aliphatic carbocycles. The van der Waals surface area contributed by atoms with Crippen LogP contribution in [-0.4, -0.2) is 33.5 Å². The van der Waals surface area contributed by atoms with E-state index in [1.807, 2.05) is 18.2 Å². The lowest BCUT2D eigenvalue weighted by Crippen LogP contribution is -2.17. The quantitative estimate of drug-likeness (QED) is 0.698. The van der Waals surface area contributed by atoms with Gasteiger partial charge in [0, 0.05) is 13.2 Å². The van der Waals surface area contributed by atoms with Crippen LogP contribution in [-0.2, 0) is 11.3 Å². The molecule has 0 aliphatic rings. The molecule has 4 nitrogen and oxygen atoms in total. The van der Waals surface area contributed by atoms with Crippen LogP contribution in [0, 0.1) is 0 Å². The molecule has 19 heavy (non-hydrogen) atoms. The molecular formula is C15H25NO3. The number of ether oxygens (including phenoxy) is 3. The number of benzene rings is 1. The topological polar surface area (TPSA) is 39.7 Å². The van der Waals surface area contributed by atoms with Crippen LogP contribution in [0.2, 0.25) is 0 Å². The smallest absolute Gasteiger partial charge is 0.161 e. The van der Waals surface area contributed by atoms with Gasteiger partial charge in [-0.1, -0.05) is 6.07 Å². The molecule has 0 atom stereocenters. The van der Waals surface area contributed by atoms with Gasteiger partial charge in [0.1, 0.15) is 0 Å². The highest BCUT2D eigenvalue weighted by atomic mass is 16.5. The van der Waals surface area contributed by atoms with Gasteiger partial charge in [0.15, 0.2) is 11.5 Å². The monoisotopic (exact) mass is 267 g/mol. The Labute approximate surface area is 116 Å². The lowest BCUT2D eigenvalue weighted by molar-refractivity contribution is 0.0770. The molecule has 0 heterocycles. The van der Waals surface area contributed by atoms with Crippen LogP contribution >= 0.6 is 0 Å². The van der Waals surface area contributed by atoms with E-state index in [9.17, 15) is 0 Å². The predicted molar refractivity (Wildman–Crippen MR) is 77.0 cm³/mol. The van der Waals surface area contributed by atoms with Crippen LogP contribution in [0.3, 0.4) is 0 Å². The van der Waals surface area contributed by atoms with Gasteiger partial charge in [0.25, 0.3) is 0 Å². The SMILES string of the molecule is COc1ccc(CNCCCOC(C)C)cc1OC. The van der Waals surface area contributed by atoms with Crippen molar-refractivity contribution in [2.24, 2.45) is 0 Å². The molecule has 0 fully saturated rings. The van der Waals surface area contributed by atoms with E-state index in [4.69, 9.17) is 14.2 Å². The number of nitrogens with one attached hydrogen (secondary N) is 1. The van der Waals surface area contributed by atoms with Gasteiger partial charge < -0.3 is 19.5 Å². The lowest BCUT2D eigenvalue weighted by atomic mass is 10.2. The van der Waals surface area contributed by atoms with E-state index in [0.717, 1.165) is 37.6 Å². The number of hydrogen-bond acceptors (Lipinski definition) is 4. The van der Waals surface area contributed by atoms with Gasteiger partial charge in [-0.2, -0.15) is 0 Å². The summed E-state index contributed by atoms with van der Waals surface area (Å²) in [6, 6.07) is 5.97. The fourth-order valence-corrected chi connectivity index (χ4v) is 1.74. The molecular weight excluding hydrogens is 242 g/mol. The van der Waals surface area contributed by atoms with Gasteiger partial charge >= 0.3 is 0 Å². The Balaban J connectivity index is 2.29. The molecule has 0 aliphatic heterocycles. The van der Waals surface area contributed by atoms with Crippen molar-refractivity contribution in [3.63, 3.8) is 0 Å². The second-order valence-corrected chi connectivity index (χ2v) is 4.64. The molecule has 0 bridgehead atoms. The highest BCUT2D eigenvalue weighted by Gasteiger charge is 2.04. The molecule has 0 amide bonds. The first kappa shape index (κ1) is 15.8. The fourth-order valence-electron chi connectivity index (χ4n) is 1.74. The lowest BCUT2D eigenvalue weighted by Gasteiger charge is -2.11. The average Bonchev–Trinajstić information content (AvgIpc) is 2.42. The standard InChI is InChI=1S/C15H25NO3/c1-12(2)19-9-5-8-16-11-13-6-7-14(17-3)15(10-13)18-4/h6-7,10,12,16H,5,8-9,11H2,1-4H3. The maximum atomic E-state index is 5.48. The van der Waals surface area contributed by atoms with Crippen LogP contribution in [0.15, 0.2) is 18.2 Å². The molecule has 0 unspecified atom stereocenters. The van der Waals surface area contributed by atoms with Crippen molar-refractivity contribution in [2.75, 3.05) is 27.4 Å². The fraction of sp³-hybridized carbons (Fsp3) is 0.600. The average molecular weight is 267 g/mol. The van der Waals surface area contributed by atoms with Gasteiger partial charge in [0.2, 0.25) is 0 Å². The predicted octanol–water partition coefficient (Wildman–Crippen LogP) is 2.61. The third-order valence-corrected chi connectivity index (χ3v) is 2.73. The van der Waals surface area contributed by atoms with Crippen LogP contribution in [0.1, 0.15) is 25.8 Å². The summed E-state index contributed by atoms with van der Waals surface area (Å²) in [7, 11) is 3.29. The molecule has 1 rings (SSSR count). The molecule has 0 saturated heterocycles. The van der Waals surface area contributed by atoms with Gasteiger partial charge in [0.05, 0.1) is 20.3 Å². The minimum atomic E-state index is 0.311. The molecule has 1 N–H and O–H groups in total. The van der Waals surface area contributed by atoms with E-state index in [1.54, 1.807) is 14.2 Å². The molecule has 0 saturated carbocycles. The summed E-state index contributed by atoms with van der Waals surface area (Å²) >= 11 is 0. The summed E-state index contributed by atoms with van der Waals surface area (Å²) in [4.78, 5) is 0. The van der Waals surface area contributed by atoms with Gasteiger partial charge in [-0.3, -0.25) is 0 Å². The zero-order chi connectivity index (χ0) is 14.1. The molecule has 0 aromatic heterocycles. The van der Waals surface area contributed by atoms with Crippen molar-refractivity contribution in [3.05, 3.63) is 23.8 Å². The maximum Gasteiger partial charge on any atom is 0.161 e. The molecule has 4 heteroatoms. The summed E-state index contributed by atoms with van der Waals surface area (Å²) in [5.41, 5.74) is 1.18. The number of hydrogen-bond donors (Lipinski definition) is 1. The Bertz CT molecular complexity index is 366. The minimum absolute atomic E-state index is 0.311. The Kier molecular flexibility index (Phi) is 7.30. The van der Waals surface area contributed by atoms with E-state index in [-0.39, 0.29) is 0 Å². The molecule has 0 spiro atoms. The van der Waals surface area contributed by atoms with Crippen molar-refractivity contribution in [2.45, 2.75) is 32.9 Å². The van der Waals surface area contributed by atoms with Crippen LogP contribution in [0.25, 0.3) is 0 Å². The maximum absolute atomic E-state index is 5.48. The summed E-state index contributed by atoms with van der Waals surface area (Å²) in [6.45, 7) is 6.67. The van der Waals surface area contributed by atoms with Crippen LogP contribution in [0.4, 0.5) is 0 Å². The first-order chi connectivity index (χ1) is 9.17. The molecule has 108 valence electrons. The minimum Gasteiger partial charge on any atom is -0.493 e. The van der Waals surface area contributed by atoms with E-state index in [0.29, 0.717) is 6.10 Å². The molecule has 0 radical (unpaired) electrons. The van der Waals surface area contributed by atoms with Crippen molar-refractivity contribution in [1.82, 2.24) is 5.32 Å². The Morgan fingerprint density at radius 2 is 1.84 bits per heavy atom. The largest absolute Gasteiger partial charge is 0.493 e. The normalized spacial score (nSPS) is 10.8. The van der Waals surface area contributed by atoms with Gasteiger partial charge in [-0.05, 0) is 44.5 Å². The summed E-state index contributed by atoms with van der Waals surface area (Å²) < 4.78 is 16.0. The van der Waals surface area contributed by atoms with Crippen molar-refractivity contribution >= 4 is 0 Å². The first-order valence-corrected chi connectivity index (χ1v) is 6.70. The number of rotatable bonds is 9. The van der Waals surface area contributed by atoms with E-state index in [1.165, 1.54) is 5.56 Å². The highest BCUT2D eigenvalue weighted by Crippen LogP contribution is 2.27. The van der Waals surface area contributed by atoms with Gasteiger partial charge in [-0.25, -0.2) is 0 Å². The van der Waals surface area contributed by atoms with Gasteiger partial charge in [-0.15, -0.1) is 0 Å². The van der Waals surface area contributed by atoms with Crippen molar-refractivity contribution in [1.29, 1.82) is 0 Å². The third kappa shape index (κ3) is 5.94. The van der Waals surface area contributed by atoms with Crippen LogP contribution < -0.4 is 14.8 Å². The zero-order valence-electron chi connectivity index (χ0n) is 12.4. The Morgan fingerprint density at radius 3 is 2.47 bits per heavy atom. The van der Waals surface area contributed by atoms with Crippen molar-refractivity contribution in [3.8, 4) is 11.5 Å². The summed E-state index contributed by atoms with van der Waals surface area (Å²) in [6.07, 6.45) is 1.33. The second kappa shape index (κ2) is 8.77. The van der Waals surface area contributed by atoms with Crippen molar-refractivity contribution < 1.29 is 14.2 Å². The molecule has 1 aromatic carbocycles. The van der Waals surface area contributed by atoms with E-state index < -0.39 is 0 Å². The highest BCUT2D eigenvalue weighted by molar-refractivity contribution is 5.42. The van der Waals surface area contributed by atoms with Crippen LogP contribution in [0.5, 0.6) is 11.5 Å². The number of methoxy groups -OCH3 is 2. The first-order valence-electron chi connectivity index (χ1n) is 6.70. The third-order valence-electron chi connectivity index (χ3n) is 2.73. The van der Waals surface area contributed by atoms with E-state index in [2.05, 4.69) is 19.2 Å². The molecule has 1 aromatic rings. The summed E-state index contributed by atoms with van der Waals surface area (Å²) in [5.74, 6) is 1.53. The Morgan fingerprint density at radius 1 is 1.11 bits per heavy atom. The zero-order valence-corrected chi connectivity index (χ0v) is 12.4. The summed E-state index contributed by atoms with van der Waals surface area (Å²) in [5, 5.41) is 3.39.